The standard InChI is InChI=1S/C22H22N4S/c1-14-9-10-20(15(2)11-14)26-16(3)12-18(17(26)4)13-23-25-22-24-19-7-5-6-8-21(19)27-22/h5-13H,1-4H3,(H,24,25)/b23-13-. The molecule has 0 amide bonds. The maximum absolute atomic E-state index is 4.54. The highest BCUT2D eigenvalue weighted by Crippen LogP contribution is 2.26. The molecular formula is C22H22N4S. The quantitative estimate of drug-likeness (QED) is 0.364. The molecule has 0 fully saturated rings. The van der Waals surface area contributed by atoms with Crippen LogP contribution in [0.25, 0.3) is 15.9 Å². The number of hydrogen-bond acceptors (Lipinski definition) is 4. The first kappa shape index (κ1) is 17.5. The first-order valence-corrected chi connectivity index (χ1v) is 9.76. The minimum absolute atomic E-state index is 0.802. The molecule has 1 N–H and O–H groups in total. The van der Waals surface area contributed by atoms with Gasteiger partial charge >= 0.3 is 0 Å². The molecule has 4 aromatic rings. The number of rotatable bonds is 4. The van der Waals surface area contributed by atoms with Gasteiger partial charge in [-0.15, -0.1) is 0 Å². The monoisotopic (exact) mass is 374 g/mol. The van der Waals surface area contributed by atoms with Crippen LogP contribution in [0.5, 0.6) is 0 Å². The van der Waals surface area contributed by atoms with Crippen molar-refractivity contribution < 1.29 is 0 Å². The van der Waals surface area contributed by atoms with E-state index in [1.54, 1.807) is 11.3 Å². The van der Waals surface area contributed by atoms with Crippen LogP contribution in [-0.4, -0.2) is 15.8 Å². The van der Waals surface area contributed by atoms with E-state index >= 15 is 0 Å². The second kappa shape index (κ2) is 7.00. The Labute approximate surface area is 163 Å². The summed E-state index contributed by atoms with van der Waals surface area (Å²) in [6.07, 6.45) is 1.87. The number of fused-ring (bicyclic) bond motifs is 1. The lowest BCUT2D eigenvalue weighted by Gasteiger charge is -2.13. The van der Waals surface area contributed by atoms with Gasteiger partial charge in [-0.25, -0.2) is 4.98 Å². The van der Waals surface area contributed by atoms with Gasteiger partial charge in [0.2, 0.25) is 5.13 Å². The second-order valence-electron chi connectivity index (χ2n) is 6.81. The van der Waals surface area contributed by atoms with Gasteiger partial charge in [0, 0.05) is 22.6 Å². The van der Waals surface area contributed by atoms with Gasteiger partial charge in [0.25, 0.3) is 0 Å². The largest absolute Gasteiger partial charge is 0.318 e. The summed E-state index contributed by atoms with van der Waals surface area (Å²) in [6, 6.07) is 16.8. The number of nitrogens with one attached hydrogen (secondary N) is 1. The van der Waals surface area contributed by atoms with E-state index in [1.165, 1.54) is 28.2 Å². The summed E-state index contributed by atoms with van der Waals surface area (Å²) in [4.78, 5) is 4.54. The minimum Gasteiger partial charge on any atom is -0.318 e. The van der Waals surface area contributed by atoms with Gasteiger partial charge in [0.1, 0.15) is 0 Å². The lowest BCUT2D eigenvalue weighted by Crippen LogP contribution is -2.02. The molecule has 136 valence electrons. The first-order valence-electron chi connectivity index (χ1n) is 8.94. The van der Waals surface area contributed by atoms with E-state index in [0.717, 1.165) is 20.9 Å². The van der Waals surface area contributed by atoms with Crippen molar-refractivity contribution in [3.05, 3.63) is 76.6 Å². The summed E-state index contributed by atoms with van der Waals surface area (Å²) in [5.41, 5.74) is 11.3. The summed E-state index contributed by atoms with van der Waals surface area (Å²) >= 11 is 1.60. The molecule has 0 radical (unpaired) electrons. The van der Waals surface area contributed by atoms with Crippen molar-refractivity contribution in [1.82, 2.24) is 9.55 Å². The van der Waals surface area contributed by atoms with Gasteiger partial charge in [0.15, 0.2) is 0 Å². The zero-order chi connectivity index (χ0) is 19.0. The Bertz CT molecular complexity index is 1120. The fourth-order valence-corrected chi connectivity index (χ4v) is 4.24. The van der Waals surface area contributed by atoms with Gasteiger partial charge < -0.3 is 4.57 Å². The van der Waals surface area contributed by atoms with Crippen LogP contribution in [0.4, 0.5) is 5.13 Å². The van der Waals surface area contributed by atoms with Crippen LogP contribution in [0, 0.1) is 27.7 Å². The number of anilines is 1. The van der Waals surface area contributed by atoms with Crippen molar-refractivity contribution in [3.63, 3.8) is 0 Å². The Morgan fingerprint density at radius 2 is 1.85 bits per heavy atom. The molecular weight excluding hydrogens is 352 g/mol. The summed E-state index contributed by atoms with van der Waals surface area (Å²) in [7, 11) is 0. The van der Waals surface area contributed by atoms with Crippen LogP contribution in [0.15, 0.2) is 53.6 Å². The van der Waals surface area contributed by atoms with Crippen LogP contribution >= 0.6 is 11.3 Å². The molecule has 0 saturated heterocycles. The zero-order valence-corrected chi connectivity index (χ0v) is 16.8. The van der Waals surface area contributed by atoms with Crippen LogP contribution in [0.1, 0.15) is 28.1 Å². The number of hydrazone groups is 1. The summed E-state index contributed by atoms with van der Waals surface area (Å²) in [5, 5.41) is 5.21. The molecule has 2 heterocycles. The molecule has 0 atom stereocenters. The molecule has 0 aliphatic heterocycles. The van der Waals surface area contributed by atoms with E-state index in [0.29, 0.717) is 0 Å². The van der Waals surface area contributed by atoms with Crippen molar-refractivity contribution >= 4 is 32.9 Å². The maximum atomic E-state index is 4.54. The second-order valence-corrected chi connectivity index (χ2v) is 7.84. The Kier molecular flexibility index (Phi) is 4.54. The van der Waals surface area contributed by atoms with Crippen LogP contribution < -0.4 is 5.43 Å². The number of hydrogen-bond donors (Lipinski definition) is 1. The highest BCUT2D eigenvalue weighted by atomic mass is 32.1. The summed E-state index contributed by atoms with van der Waals surface area (Å²) in [6.45, 7) is 8.54. The third kappa shape index (κ3) is 3.38. The fourth-order valence-electron chi connectivity index (χ4n) is 3.42. The molecule has 0 spiro atoms. The number of para-hydroxylation sites is 1. The van der Waals surface area contributed by atoms with Crippen molar-refractivity contribution in [2.75, 3.05) is 5.43 Å². The molecule has 5 heteroatoms. The van der Waals surface area contributed by atoms with Crippen molar-refractivity contribution in [1.29, 1.82) is 0 Å². The van der Waals surface area contributed by atoms with E-state index < -0.39 is 0 Å². The van der Waals surface area contributed by atoms with Gasteiger partial charge in [-0.2, -0.15) is 5.10 Å². The average Bonchev–Trinajstić information content (AvgIpc) is 3.16. The number of aromatic nitrogens is 2. The van der Waals surface area contributed by atoms with E-state index in [2.05, 4.69) is 78.1 Å². The number of benzene rings is 2. The fraction of sp³-hybridized carbons (Fsp3) is 0.182. The number of aryl methyl sites for hydroxylation is 3. The Balaban J connectivity index is 1.60. The molecule has 0 aliphatic carbocycles. The minimum atomic E-state index is 0.802. The van der Waals surface area contributed by atoms with Gasteiger partial charge in [-0.3, -0.25) is 5.43 Å². The molecule has 0 bridgehead atoms. The van der Waals surface area contributed by atoms with Crippen molar-refractivity contribution in [2.45, 2.75) is 27.7 Å². The number of thiazole rings is 1. The van der Waals surface area contributed by atoms with E-state index in [1.807, 2.05) is 24.4 Å². The predicted octanol–water partition coefficient (Wildman–Crippen LogP) is 5.77. The molecule has 0 saturated carbocycles. The molecule has 0 unspecified atom stereocenters. The van der Waals surface area contributed by atoms with Gasteiger partial charge in [-0.1, -0.05) is 41.2 Å². The molecule has 2 aromatic carbocycles. The predicted molar refractivity (Wildman–Crippen MR) is 116 cm³/mol. The van der Waals surface area contributed by atoms with E-state index in [9.17, 15) is 0 Å². The molecule has 0 aliphatic rings. The van der Waals surface area contributed by atoms with Gasteiger partial charge in [-0.05, 0) is 57.5 Å². The third-order valence-corrected chi connectivity index (χ3v) is 5.66. The Hall–Kier alpha value is -2.92. The molecule has 4 nitrogen and oxygen atoms in total. The normalized spacial score (nSPS) is 11.6. The molecule has 4 rings (SSSR count). The van der Waals surface area contributed by atoms with E-state index in [-0.39, 0.29) is 0 Å². The number of nitrogens with zero attached hydrogens (tertiary/aromatic N) is 3. The smallest absolute Gasteiger partial charge is 0.204 e. The Morgan fingerprint density at radius 1 is 1.04 bits per heavy atom. The first-order chi connectivity index (χ1) is 13.0. The van der Waals surface area contributed by atoms with Crippen LogP contribution in [0.3, 0.4) is 0 Å². The highest BCUT2D eigenvalue weighted by molar-refractivity contribution is 7.22. The molecule has 2 aromatic heterocycles. The lowest BCUT2D eigenvalue weighted by molar-refractivity contribution is 0.953. The summed E-state index contributed by atoms with van der Waals surface area (Å²) in [5.74, 6) is 0. The average molecular weight is 375 g/mol. The van der Waals surface area contributed by atoms with Gasteiger partial charge in [0.05, 0.1) is 16.4 Å². The zero-order valence-electron chi connectivity index (χ0n) is 15.9. The van der Waals surface area contributed by atoms with Crippen molar-refractivity contribution in [3.8, 4) is 5.69 Å². The maximum Gasteiger partial charge on any atom is 0.204 e. The Morgan fingerprint density at radius 3 is 2.63 bits per heavy atom. The topological polar surface area (TPSA) is 42.2 Å². The molecule has 27 heavy (non-hydrogen) atoms. The van der Waals surface area contributed by atoms with E-state index in [4.69, 9.17) is 0 Å². The third-order valence-electron chi connectivity index (χ3n) is 4.72. The van der Waals surface area contributed by atoms with Crippen LogP contribution in [0.2, 0.25) is 0 Å². The lowest BCUT2D eigenvalue weighted by atomic mass is 10.1. The highest BCUT2D eigenvalue weighted by Gasteiger charge is 2.11. The van der Waals surface area contributed by atoms with Crippen LogP contribution in [-0.2, 0) is 0 Å². The SMILES string of the molecule is Cc1ccc(-n2c(C)cc(/C=N\Nc3nc4ccccc4s3)c2C)c(C)c1. The van der Waals surface area contributed by atoms with Crippen molar-refractivity contribution in [2.24, 2.45) is 5.10 Å². The summed E-state index contributed by atoms with van der Waals surface area (Å²) < 4.78 is 3.44.